The summed E-state index contributed by atoms with van der Waals surface area (Å²) in [4.78, 5) is 36.4. The number of aromatic nitrogens is 2. The highest BCUT2D eigenvalue weighted by Crippen LogP contribution is 2.18. The maximum Gasteiger partial charge on any atom is 0.254 e. The van der Waals surface area contributed by atoms with E-state index in [2.05, 4.69) is 20.2 Å². The van der Waals surface area contributed by atoms with Crippen LogP contribution < -0.4 is 5.32 Å². The van der Waals surface area contributed by atoms with Crippen molar-refractivity contribution >= 4 is 28.5 Å². The standard InChI is InChI=1S/C22H25N5O2/c1-15-4-3-5-18(16(15)2)25-21(28)13-26-8-10-27(11-9-26)22(29)17-6-7-19-20(12-17)24-14-23-19/h3-7,12,14H,8-11,13H2,1-2H3,(H,23,24)(H,25,28). The summed E-state index contributed by atoms with van der Waals surface area (Å²) in [5, 5.41) is 3.00. The van der Waals surface area contributed by atoms with E-state index in [1.165, 1.54) is 0 Å². The summed E-state index contributed by atoms with van der Waals surface area (Å²) >= 11 is 0. The maximum absolute atomic E-state index is 12.8. The first-order valence-electron chi connectivity index (χ1n) is 9.82. The lowest BCUT2D eigenvalue weighted by Gasteiger charge is -2.34. The van der Waals surface area contributed by atoms with Crippen molar-refractivity contribution in [1.29, 1.82) is 0 Å². The number of aryl methyl sites for hydroxylation is 1. The largest absolute Gasteiger partial charge is 0.345 e. The fourth-order valence-electron chi connectivity index (χ4n) is 3.64. The lowest BCUT2D eigenvalue weighted by Crippen LogP contribution is -2.50. The van der Waals surface area contributed by atoms with Crippen LogP contribution in [0.2, 0.25) is 0 Å². The molecule has 0 atom stereocenters. The summed E-state index contributed by atoms with van der Waals surface area (Å²) in [5.41, 5.74) is 5.47. The third-order valence-corrected chi connectivity index (χ3v) is 5.57. The molecule has 1 aromatic heterocycles. The van der Waals surface area contributed by atoms with Crippen LogP contribution in [0.15, 0.2) is 42.7 Å². The Morgan fingerprint density at radius 3 is 2.69 bits per heavy atom. The molecule has 2 aromatic carbocycles. The highest BCUT2D eigenvalue weighted by atomic mass is 16.2. The number of fused-ring (bicyclic) bond motifs is 1. The first-order chi connectivity index (χ1) is 14.0. The Morgan fingerprint density at radius 2 is 1.90 bits per heavy atom. The van der Waals surface area contributed by atoms with E-state index in [-0.39, 0.29) is 11.8 Å². The van der Waals surface area contributed by atoms with Gasteiger partial charge in [-0.2, -0.15) is 0 Å². The Bertz CT molecular complexity index is 1050. The van der Waals surface area contributed by atoms with Crippen molar-refractivity contribution in [3.05, 3.63) is 59.4 Å². The third-order valence-electron chi connectivity index (χ3n) is 5.57. The van der Waals surface area contributed by atoms with Crippen molar-refractivity contribution < 1.29 is 9.59 Å². The molecule has 7 nitrogen and oxygen atoms in total. The fraction of sp³-hybridized carbons (Fsp3) is 0.318. The molecule has 2 heterocycles. The quantitative estimate of drug-likeness (QED) is 0.716. The van der Waals surface area contributed by atoms with Crippen LogP contribution in [0.4, 0.5) is 5.69 Å². The average molecular weight is 391 g/mol. The zero-order valence-corrected chi connectivity index (χ0v) is 16.7. The molecule has 7 heteroatoms. The van der Waals surface area contributed by atoms with Crippen molar-refractivity contribution in [2.45, 2.75) is 13.8 Å². The molecule has 1 aliphatic rings. The van der Waals surface area contributed by atoms with Gasteiger partial charge in [0.05, 0.1) is 23.9 Å². The molecule has 4 rings (SSSR count). The number of carbonyl (C=O) groups excluding carboxylic acids is 2. The number of carbonyl (C=O) groups is 2. The van der Waals surface area contributed by atoms with Crippen LogP contribution >= 0.6 is 0 Å². The van der Waals surface area contributed by atoms with Crippen LogP contribution in [-0.2, 0) is 4.79 Å². The van der Waals surface area contributed by atoms with Crippen molar-refractivity contribution in [3.63, 3.8) is 0 Å². The van der Waals surface area contributed by atoms with Crippen molar-refractivity contribution in [1.82, 2.24) is 19.8 Å². The van der Waals surface area contributed by atoms with Crippen LogP contribution in [0, 0.1) is 13.8 Å². The highest BCUT2D eigenvalue weighted by molar-refractivity contribution is 5.97. The molecule has 150 valence electrons. The molecule has 0 aliphatic carbocycles. The summed E-state index contributed by atoms with van der Waals surface area (Å²) in [6, 6.07) is 11.4. The number of piperazine rings is 1. The predicted molar refractivity (Wildman–Crippen MR) is 113 cm³/mol. The minimum atomic E-state index is -0.0248. The van der Waals surface area contributed by atoms with E-state index < -0.39 is 0 Å². The lowest BCUT2D eigenvalue weighted by atomic mass is 10.1. The Kier molecular flexibility index (Phi) is 5.31. The molecule has 0 bridgehead atoms. The van der Waals surface area contributed by atoms with Gasteiger partial charge >= 0.3 is 0 Å². The maximum atomic E-state index is 12.8. The van der Waals surface area contributed by atoms with E-state index >= 15 is 0 Å². The smallest absolute Gasteiger partial charge is 0.254 e. The zero-order valence-electron chi connectivity index (χ0n) is 16.7. The van der Waals surface area contributed by atoms with Crippen LogP contribution in [0.5, 0.6) is 0 Å². The number of nitrogens with one attached hydrogen (secondary N) is 2. The van der Waals surface area contributed by atoms with Gasteiger partial charge in [0.15, 0.2) is 0 Å². The summed E-state index contributed by atoms with van der Waals surface area (Å²) in [5.74, 6) is -0.0100. The molecule has 29 heavy (non-hydrogen) atoms. The molecule has 2 amide bonds. The number of nitrogens with zero attached hydrogens (tertiary/aromatic N) is 3. The van der Waals surface area contributed by atoms with Gasteiger partial charge < -0.3 is 15.2 Å². The molecular weight excluding hydrogens is 366 g/mol. The number of imidazole rings is 1. The number of rotatable bonds is 4. The van der Waals surface area contributed by atoms with Crippen LogP contribution in [-0.4, -0.2) is 64.3 Å². The van der Waals surface area contributed by atoms with Gasteiger partial charge in [0.25, 0.3) is 5.91 Å². The minimum absolute atomic E-state index is 0.0148. The Balaban J connectivity index is 1.31. The molecule has 1 fully saturated rings. The molecular formula is C22H25N5O2. The number of anilines is 1. The van der Waals surface area contributed by atoms with Gasteiger partial charge in [0.2, 0.25) is 5.91 Å². The monoisotopic (exact) mass is 391 g/mol. The Hall–Kier alpha value is -3.19. The normalized spacial score (nSPS) is 14.9. The third kappa shape index (κ3) is 4.14. The number of aromatic amines is 1. The molecule has 0 saturated carbocycles. The first-order valence-corrected chi connectivity index (χ1v) is 9.82. The zero-order chi connectivity index (χ0) is 20.4. The molecule has 0 unspecified atom stereocenters. The Morgan fingerprint density at radius 1 is 1.10 bits per heavy atom. The number of hydrogen-bond donors (Lipinski definition) is 2. The van der Waals surface area contributed by atoms with E-state index in [0.717, 1.165) is 27.8 Å². The van der Waals surface area contributed by atoms with Crippen LogP contribution in [0.25, 0.3) is 11.0 Å². The summed E-state index contributed by atoms with van der Waals surface area (Å²) in [6.07, 6.45) is 1.63. The number of benzene rings is 2. The van der Waals surface area contributed by atoms with E-state index in [0.29, 0.717) is 38.3 Å². The minimum Gasteiger partial charge on any atom is -0.345 e. The highest BCUT2D eigenvalue weighted by Gasteiger charge is 2.23. The number of H-pyrrole nitrogens is 1. The van der Waals surface area contributed by atoms with E-state index in [1.807, 2.05) is 55.1 Å². The van der Waals surface area contributed by atoms with Gasteiger partial charge in [-0.15, -0.1) is 0 Å². The van der Waals surface area contributed by atoms with Gasteiger partial charge in [0, 0.05) is 37.4 Å². The van der Waals surface area contributed by atoms with Crippen LogP contribution in [0.1, 0.15) is 21.5 Å². The first kappa shape index (κ1) is 19.1. The van der Waals surface area contributed by atoms with Gasteiger partial charge in [-0.25, -0.2) is 4.98 Å². The second-order valence-corrected chi connectivity index (χ2v) is 7.50. The molecule has 2 N–H and O–H groups in total. The van der Waals surface area contributed by atoms with Gasteiger partial charge in [-0.3, -0.25) is 14.5 Å². The topological polar surface area (TPSA) is 81.3 Å². The molecule has 3 aromatic rings. The molecule has 1 saturated heterocycles. The summed E-state index contributed by atoms with van der Waals surface area (Å²) in [6.45, 7) is 6.94. The molecule has 0 radical (unpaired) electrons. The predicted octanol–water partition coefficient (Wildman–Crippen LogP) is 2.58. The van der Waals surface area contributed by atoms with Gasteiger partial charge in [-0.1, -0.05) is 12.1 Å². The second-order valence-electron chi connectivity index (χ2n) is 7.50. The summed E-state index contributed by atoms with van der Waals surface area (Å²) in [7, 11) is 0. The molecule has 0 spiro atoms. The molecule has 1 aliphatic heterocycles. The van der Waals surface area contributed by atoms with E-state index in [4.69, 9.17) is 0 Å². The lowest BCUT2D eigenvalue weighted by molar-refractivity contribution is -0.117. The van der Waals surface area contributed by atoms with Gasteiger partial charge in [0.1, 0.15) is 0 Å². The average Bonchev–Trinajstić information content (AvgIpc) is 3.19. The van der Waals surface area contributed by atoms with Crippen LogP contribution in [0.3, 0.4) is 0 Å². The van der Waals surface area contributed by atoms with E-state index in [9.17, 15) is 9.59 Å². The number of amides is 2. The van der Waals surface area contributed by atoms with Crippen molar-refractivity contribution in [3.8, 4) is 0 Å². The van der Waals surface area contributed by atoms with E-state index in [1.54, 1.807) is 6.33 Å². The van der Waals surface area contributed by atoms with Crippen molar-refractivity contribution in [2.24, 2.45) is 0 Å². The summed E-state index contributed by atoms with van der Waals surface area (Å²) < 4.78 is 0. The van der Waals surface area contributed by atoms with Gasteiger partial charge in [-0.05, 0) is 49.2 Å². The second kappa shape index (κ2) is 8.05. The Labute approximate surface area is 169 Å². The van der Waals surface area contributed by atoms with Crippen molar-refractivity contribution in [2.75, 3.05) is 38.0 Å². The SMILES string of the molecule is Cc1cccc(NC(=O)CN2CCN(C(=O)c3ccc4nc[nH]c4c3)CC2)c1C. The fourth-order valence-corrected chi connectivity index (χ4v) is 3.64. The number of hydrogen-bond acceptors (Lipinski definition) is 4.